The second-order valence-electron chi connectivity index (χ2n) is 4.65. The quantitative estimate of drug-likeness (QED) is 0.688. The third-order valence-corrected chi connectivity index (χ3v) is 3.06. The number of aryl methyl sites for hydroxylation is 1. The highest BCUT2D eigenvalue weighted by Crippen LogP contribution is 2.25. The molecule has 0 aliphatic carbocycles. The Morgan fingerprint density at radius 3 is 2.81 bits per heavy atom. The highest BCUT2D eigenvalue weighted by Gasteiger charge is 2.14. The fraction of sp³-hybridized carbons (Fsp3) is 0.0625. The highest BCUT2D eigenvalue weighted by molar-refractivity contribution is 5.77. The second-order valence-corrected chi connectivity index (χ2v) is 4.65. The van der Waals surface area contributed by atoms with Gasteiger partial charge in [-0.25, -0.2) is 4.39 Å². The Morgan fingerprint density at radius 2 is 2.05 bits per heavy atom. The summed E-state index contributed by atoms with van der Waals surface area (Å²) in [6.45, 7) is 1.80. The lowest BCUT2D eigenvalue weighted by molar-refractivity contribution is 0.112. The van der Waals surface area contributed by atoms with Gasteiger partial charge in [0.15, 0.2) is 0 Å². The summed E-state index contributed by atoms with van der Waals surface area (Å²) in [6, 6.07) is 11.6. The number of rotatable bonds is 3. The number of halogens is 1. The molecule has 0 fully saturated rings. The average Bonchev–Trinajstić information content (AvgIpc) is 2.97. The molecule has 21 heavy (non-hydrogen) atoms. The van der Waals surface area contributed by atoms with E-state index in [1.807, 2.05) is 0 Å². The summed E-state index contributed by atoms with van der Waals surface area (Å²) < 4.78 is 19.0. The zero-order valence-corrected chi connectivity index (χ0v) is 11.2. The molecular weight excluding hydrogens is 271 g/mol. The molecule has 0 aliphatic rings. The first-order valence-electron chi connectivity index (χ1n) is 6.33. The van der Waals surface area contributed by atoms with Crippen molar-refractivity contribution in [3.63, 3.8) is 0 Å². The molecule has 1 heterocycles. The predicted octanol–water partition coefficient (Wildman–Crippen LogP) is 3.66. The number of carbonyl (C=O) groups excluding carboxylic acids is 1. The molecule has 104 valence electrons. The fourth-order valence-electron chi connectivity index (χ4n) is 1.99. The number of carbonyl (C=O) groups is 1. The molecule has 0 saturated heterocycles. The number of benzene rings is 2. The van der Waals surface area contributed by atoms with Gasteiger partial charge in [-0.1, -0.05) is 29.4 Å². The minimum atomic E-state index is -0.410. The fourth-order valence-corrected chi connectivity index (χ4v) is 1.99. The van der Waals surface area contributed by atoms with Gasteiger partial charge in [-0.2, -0.15) is 4.98 Å². The molecule has 0 radical (unpaired) electrons. The van der Waals surface area contributed by atoms with Crippen molar-refractivity contribution in [3.05, 3.63) is 59.4 Å². The molecule has 3 rings (SSSR count). The van der Waals surface area contributed by atoms with Gasteiger partial charge in [0, 0.05) is 11.1 Å². The van der Waals surface area contributed by atoms with Crippen LogP contribution in [-0.4, -0.2) is 16.4 Å². The minimum absolute atomic E-state index is 0.110. The molecule has 2 aromatic carbocycles. The van der Waals surface area contributed by atoms with E-state index in [9.17, 15) is 9.18 Å². The molecule has 0 saturated carbocycles. The Kier molecular flexibility index (Phi) is 3.31. The van der Waals surface area contributed by atoms with E-state index < -0.39 is 5.82 Å². The van der Waals surface area contributed by atoms with Crippen LogP contribution < -0.4 is 0 Å². The molecule has 0 bridgehead atoms. The Hall–Kier alpha value is -2.82. The van der Waals surface area contributed by atoms with Crippen molar-refractivity contribution >= 4 is 6.29 Å². The number of aldehydes is 1. The topological polar surface area (TPSA) is 56.0 Å². The van der Waals surface area contributed by atoms with Crippen molar-refractivity contribution in [2.45, 2.75) is 6.92 Å². The van der Waals surface area contributed by atoms with Crippen LogP contribution in [-0.2, 0) is 0 Å². The smallest absolute Gasteiger partial charge is 0.261 e. The predicted molar refractivity (Wildman–Crippen MR) is 75.3 cm³/mol. The van der Waals surface area contributed by atoms with Gasteiger partial charge < -0.3 is 4.52 Å². The maximum absolute atomic E-state index is 13.9. The van der Waals surface area contributed by atoms with Crippen molar-refractivity contribution in [2.75, 3.05) is 0 Å². The lowest BCUT2D eigenvalue weighted by Crippen LogP contribution is -1.87. The van der Waals surface area contributed by atoms with Gasteiger partial charge in [-0.05, 0) is 30.7 Å². The van der Waals surface area contributed by atoms with Crippen LogP contribution in [0.3, 0.4) is 0 Å². The molecular formula is C16H11FN2O2. The van der Waals surface area contributed by atoms with Gasteiger partial charge in [0.25, 0.3) is 5.89 Å². The van der Waals surface area contributed by atoms with E-state index in [0.717, 1.165) is 11.8 Å². The lowest BCUT2D eigenvalue weighted by Gasteiger charge is -1.98. The highest BCUT2D eigenvalue weighted by atomic mass is 19.1. The first kappa shape index (κ1) is 13.2. The van der Waals surface area contributed by atoms with Gasteiger partial charge in [0.1, 0.15) is 12.1 Å². The van der Waals surface area contributed by atoms with Crippen molar-refractivity contribution in [3.8, 4) is 22.8 Å². The summed E-state index contributed by atoms with van der Waals surface area (Å²) in [6.07, 6.45) is 0.740. The molecule has 0 spiro atoms. The summed E-state index contributed by atoms with van der Waals surface area (Å²) in [5, 5.41) is 3.83. The Labute approximate surface area is 120 Å². The summed E-state index contributed by atoms with van der Waals surface area (Å²) in [7, 11) is 0. The largest absolute Gasteiger partial charge is 0.334 e. The van der Waals surface area contributed by atoms with Crippen LogP contribution in [0.25, 0.3) is 22.8 Å². The van der Waals surface area contributed by atoms with Crippen LogP contribution in [0.15, 0.2) is 47.0 Å². The molecule has 0 N–H and O–H groups in total. The molecule has 1 aromatic heterocycles. The molecule has 4 nitrogen and oxygen atoms in total. The average molecular weight is 282 g/mol. The first-order chi connectivity index (χ1) is 10.2. The third-order valence-electron chi connectivity index (χ3n) is 3.06. The Balaban J connectivity index is 2.01. The van der Waals surface area contributed by atoms with Gasteiger partial charge in [0.2, 0.25) is 5.82 Å². The lowest BCUT2D eigenvalue weighted by atomic mass is 10.1. The first-order valence-corrected chi connectivity index (χ1v) is 6.33. The van der Waals surface area contributed by atoms with Crippen molar-refractivity contribution < 1.29 is 13.7 Å². The van der Waals surface area contributed by atoms with Gasteiger partial charge >= 0.3 is 0 Å². The van der Waals surface area contributed by atoms with Crippen molar-refractivity contribution in [2.24, 2.45) is 0 Å². The maximum Gasteiger partial charge on any atom is 0.261 e. The van der Waals surface area contributed by atoms with Gasteiger partial charge in [-0.3, -0.25) is 4.79 Å². The van der Waals surface area contributed by atoms with Crippen LogP contribution in [0.2, 0.25) is 0 Å². The van der Waals surface area contributed by atoms with E-state index in [-0.39, 0.29) is 11.5 Å². The number of nitrogens with zero attached hydrogens (tertiary/aromatic N) is 2. The molecule has 0 atom stereocenters. The van der Waals surface area contributed by atoms with E-state index in [0.29, 0.717) is 17.0 Å². The van der Waals surface area contributed by atoms with E-state index in [4.69, 9.17) is 4.52 Å². The van der Waals surface area contributed by atoms with Crippen LogP contribution in [0.4, 0.5) is 4.39 Å². The molecule has 0 aliphatic heterocycles. The summed E-state index contributed by atoms with van der Waals surface area (Å²) >= 11 is 0. The molecule has 0 unspecified atom stereocenters. The number of hydrogen-bond acceptors (Lipinski definition) is 4. The maximum atomic E-state index is 13.9. The Morgan fingerprint density at radius 1 is 1.19 bits per heavy atom. The molecule has 3 aromatic rings. The third kappa shape index (κ3) is 2.58. The van der Waals surface area contributed by atoms with Gasteiger partial charge in [0.05, 0.1) is 5.56 Å². The van der Waals surface area contributed by atoms with Gasteiger partial charge in [-0.15, -0.1) is 0 Å². The van der Waals surface area contributed by atoms with Crippen LogP contribution >= 0.6 is 0 Å². The second kappa shape index (κ2) is 5.28. The van der Waals surface area contributed by atoms with Crippen LogP contribution in [0.1, 0.15) is 15.9 Å². The van der Waals surface area contributed by atoms with E-state index in [1.165, 1.54) is 6.07 Å². The normalized spacial score (nSPS) is 10.6. The monoisotopic (exact) mass is 282 g/mol. The van der Waals surface area contributed by atoms with E-state index in [1.54, 1.807) is 43.3 Å². The van der Waals surface area contributed by atoms with Crippen molar-refractivity contribution in [1.82, 2.24) is 10.1 Å². The zero-order chi connectivity index (χ0) is 14.8. The van der Waals surface area contributed by atoms with E-state index >= 15 is 0 Å². The number of hydrogen-bond donors (Lipinski definition) is 0. The summed E-state index contributed by atoms with van der Waals surface area (Å²) in [5.41, 5.74) is 2.23. The van der Waals surface area contributed by atoms with Crippen LogP contribution in [0.5, 0.6) is 0 Å². The van der Waals surface area contributed by atoms with Crippen LogP contribution in [0, 0.1) is 12.7 Å². The summed E-state index contributed by atoms with van der Waals surface area (Å²) in [4.78, 5) is 15.0. The summed E-state index contributed by atoms with van der Waals surface area (Å²) in [5.74, 6) is 0.0134. The number of aromatic nitrogens is 2. The molecule has 0 amide bonds. The standard InChI is InChI=1S/C16H11FN2O2/c1-10-5-6-13(14(17)7-10)16-18-15(19-21-16)12-4-2-3-11(8-12)9-20/h2-9H,1H3. The SMILES string of the molecule is Cc1ccc(-c2nc(-c3cccc(C=O)c3)no2)c(F)c1. The zero-order valence-electron chi connectivity index (χ0n) is 11.2. The Bertz CT molecular complexity index is 812. The van der Waals surface area contributed by atoms with Crippen molar-refractivity contribution in [1.29, 1.82) is 0 Å². The molecule has 5 heteroatoms. The van der Waals surface area contributed by atoms with E-state index in [2.05, 4.69) is 10.1 Å². The minimum Gasteiger partial charge on any atom is -0.334 e.